The second-order valence-corrected chi connectivity index (χ2v) is 5.09. The Morgan fingerprint density at radius 2 is 1.67 bits per heavy atom. The zero-order valence-corrected chi connectivity index (χ0v) is 13.9. The van der Waals surface area contributed by atoms with Crippen LogP contribution in [-0.2, 0) is 9.47 Å². The van der Waals surface area contributed by atoms with Crippen molar-refractivity contribution in [2.75, 3.05) is 19.8 Å². The van der Waals surface area contributed by atoms with Crippen molar-refractivity contribution in [2.24, 2.45) is 0 Å². The van der Waals surface area contributed by atoms with Crippen LogP contribution in [0, 0.1) is 12.3 Å². The maximum atomic E-state index is 8.81. The van der Waals surface area contributed by atoms with E-state index in [1.807, 2.05) is 26.8 Å². The lowest BCUT2D eigenvalue weighted by Gasteiger charge is -2.28. The Labute approximate surface area is 130 Å². The Bertz CT molecular complexity index is 368. The van der Waals surface area contributed by atoms with E-state index in [1.165, 1.54) is 11.1 Å². The van der Waals surface area contributed by atoms with Crippen LogP contribution >= 0.6 is 0 Å². The van der Waals surface area contributed by atoms with Crippen molar-refractivity contribution >= 4 is 0 Å². The topological polar surface area (TPSA) is 38.7 Å². The molecule has 21 heavy (non-hydrogen) atoms. The highest BCUT2D eigenvalue weighted by Gasteiger charge is 2.28. The van der Waals surface area contributed by atoms with Gasteiger partial charge in [0.1, 0.15) is 0 Å². The second kappa shape index (κ2) is 11.6. The van der Waals surface area contributed by atoms with Crippen LogP contribution < -0.4 is 0 Å². The van der Waals surface area contributed by atoms with Crippen LogP contribution in [-0.4, -0.2) is 30.7 Å². The summed E-state index contributed by atoms with van der Waals surface area (Å²) in [6.45, 7) is 9.17. The summed E-state index contributed by atoms with van der Waals surface area (Å²) in [4.78, 5) is 0. The molecule has 0 saturated carbocycles. The van der Waals surface area contributed by atoms with E-state index in [0.717, 1.165) is 19.3 Å². The SMILES string of the molecule is C#CC(CC/C(C)=C/CC/C(C)=C/CO)(OCC)OCC. The van der Waals surface area contributed by atoms with E-state index in [1.54, 1.807) is 0 Å². The van der Waals surface area contributed by atoms with Gasteiger partial charge in [0.25, 0.3) is 0 Å². The number of hydrogen-bond acceptors (Lipinski definition) is 3. The molecule has 0 saturated heterocycles. The molecular weight excluding hydrogens is 264 g/mol. The van der Waals surface area contributed by atoms with Gasteiger partial charge in [0.05, 0.1) is 6.61 Å². The van der Waals surface area contributed by atoms with E-state index >= 15 is 0 Å². The summed E-state index contributed by atoms with van der Waals surface area (Å²) in [5, 5.41) is 8.81. The van der Waals surface area contributed by atoms with Crippen LogP contribution in [0.1, 0.15) is 53.4 Å². The Hall–Kier alpha value is -1.08. The number of ether oxygens (including phenoxy) is 2. The van der Waals surface area contributed by atoms with Crippen LogP contribution in [0.3, 0.4) is 0 Å². The Morgan fingerprint density at radius 1 is 1.10 bits per heavy atom. The van der Waals surface area contributed by atoms with Gasteiger partial charge in [0, 0.05) is 19.6 Å². The lowest BCUT2D eigenvalue weighted by molar-refractivity contribution is -0.195. The first-order valence-corrected chi connectivity index (χ1v) is 7.71. The fraction of sp³-hybridized carbons (Fsp3) is 0.667. The summed E-state index contributed by atoms with van der Waals surface area (Å²) >= 11 is 0. The number of allylic oxidation sites excluding steroid dienone is 3. The zero-order chi connectivity index (χ0) is 16.1. The summed E-state index contributed by atoms with van der Waals surface area (Å²) < 4.78 is 11.2. The summed E-state index contributed by atoms with van der Waals surface area (Å²) in [7, 11) is 0. The first-order valence-electron chi connectivity index (χ1n) is 7.71. The minimum Gasteiger partial charge on any atom is -0.392 e. The molecule has 0 aliphatic heterocycles. The molecule has 0 rings (SSSR count). The van der Waals surface area contributed by atoms with Crippen molar-refractivity contribution < 1.29 is 14.6 Å². The number of aliphatic hydroxyl groups is 1. The second-order valence-electron chi connectivity index (χ2n) is 5.09. The van der Waals surface area contributed by atoms with Gasteiger partial charge >= 0.3 is 0 Å². The van der Waals surface area contributed by atoms with E-state index in [0.29, 0.717) is 19.6 Å². The van der Waals surface area contributed by atoms with Crippen LogP contribution in [0.2, 0.25) is 0 Å². The molecule has 0 radical (unpaired) electrons. The van der Waals surface area contributed by atoms with Gasteiger partial charge in [-0.3, -0.25) is 0 Å². The standard InChI is InChI=1S/C18H30O3/c1-6-18(20-7-2,21-8-3)14-12-16(4)10-9-11-17(5)13-15-19/h1,10,13,19H,7-9,11-12,14-15H2,2-5H3/b16-10+,17-13+. The third-order valence-electron chi connectivity index (χ3n) is 3.29. The van der Waals surface area contributed by atoms with Crippen LogP contribution in [0.15, 0.2) is 23.3 Å². The molecule has 1 N–H and O–H groups in total. The van der Waals surface area contributed by atoms with Crippen molar-refractivity contribution in [2.45, 2.75) is 59.2 Å². The van der Waals surface area contributed by atoms with Crippen LogP contribution in [0.25, 0.3) is 0 Å². The summed E-state index contributed by atoms with van der Waals surface area (Å²) in [6.07, 6.45) is 13.1. The number of aliphatic hydroxyl groups excluding tert-OH is 1. The van der Waals surface area contributed by atoms with Gasteiger partial charge in [-0.1, -0.05) is 23.3 Å². The monoisotopic (exact) mass is 294 g/mol. The van der Waals surface area contributed by atoms with E-state index in [9.17, 15) is 0 Å². The minimum absolute atomic E-state index is 0.113. The first kappa shape index (κ1) is 19.9. The molecule has 0 aliphatic rings. The van der Waals surface area contributed by atoms with Crippen molar-refractivity contribution in [1.29, 1.82) is 0 Å². The molecule has 0 bridgehead atoms. The predicted molar refractivity (Wildman–Crippen MR) is 87.9 cm³/mol. The largest absolute Gasteiger partial charge is 0.392 e. The highest BCUT2D eigenvalue weighted by Crippen LogP contribution is 2.22. The number of hydrogen-bond donors (Lipinski definition) is 1. The smallest absolute Gasteiger partial charge is 0.233 e. The van der Waals surface area contributed by atoms with Gasteiger partial charge in [-0.15, -0.1) is 6.42 Å². The van der Waals surface area contributed by atoms with E-state index < -0.39 is 5.79 Å². The minimum atomic E-state index is -0.898. The molecule has 0 fully saturated rings. The third kappa shape index (κ3) is 8.72. The molecule has 3 nitrogen and oxygen atoms in total. The molecule has 0 spiro atoms. The molecule has 0 aromatic rings. The molecule has 0 amide bonds. The van der Waals surface area contributed by atoms with Crippen molar-refractivity contribution in [3.63, 3.8) is 0 Å². The molecule has 0 aromatic heterocycles. The van der Waals surface area contributed by atoms with Gasteiger partial charge in [0.2, 0.25) is 5.79 Å². The molecule has 0 atom stereocenters. The molecule has 0 unspecified atom stereocenters. The molecule has 3 heteroatoms. The fourth-order valence-electron chi connectivity index (χ4n) is 2.08. The zero-order valence-electron chi connectivity index (χ0n) is 13.9. The van der Waals surface area contributed by atoms with Crippen LogP contribution in [0.4, 0.5) is 0 Å². The Balaban J connectivity index is 4.39. The average molecular weight is 294 g/mol. The molecule has 0 heterocycles. The molecular formula is C18H30O3. The lowest BCUT2D eigenvalue weighted by atomic mass is 10.0. The Kier molecular flexibility index (Phi) is 11.0. The van der Waals surface area contributed by atoms with Crippen molar-refractivity contribution in [3.8, 4) is 12.3 Å². The molecule has 120 valence electrons. The van der Waals surface area contributed by atoms with Gasteiger partial charge in [-0.2, -0.15) is 0 Å². The quantitative estimate of drug-likeness (QED) is 0.357. The lowest BCUT2D eigenvalue weighted by Crippen LogP contribution is -2.34. The van der Waals surface area contributed by atoms with E-state index in [-0.39, 0.29) is 6.61 Å². The fourth-order valence-corrected chi connectivity index (χ4v) is 2.08. The van der Waals surface area contributed by atoms with Gasteiger partial charge < -0.3 is 14.6 Å². The maximum Gasteiger partial charge on any atom is 0.233 e. The first-order chi connectivity index (χ1) is 10.0. The van der Waals surface area contributed by atoms with Crippen molar-refractivity contribution in [1.82, 2.24) is 0 Å². The van der Waals surface area contributed by atoms with Gasteiger partial charge in [-0.05, 0) is 52.9 Å². The average Bonchev–Trinajstić information content (AvgIpc) is 2.45. The highest BCUT2D eigenvalue weighted by atomic mass is 16.7. The van der Waals surface area contributed by atoms with Gasteiger partial charge in [0.15, 0.2) is 0 Å². The third-order valence-corrected chi connectivity index (χ3v) is 3.29. The number of terminal acetylenes is 1. The summed E-state index contributed by atoms with van der Waals surface area (Å²) in [5.74, 6) is 1.76. The summed E-state index contributed by atoms with van der Waals surface area (Å²) in [5.41, 5.74) is 2.49. The predicted octanol–water partition coefficient (Wildman–Crippen LogP) is 3.83. The van der Waals surface area contributed by atoms with E-state index in [4.69, 9.17) is 21.0 Å². The number of rotatable bonds is 11. The highest BCUT2D eigenvalue weighted by molar-refractivity contribution is 5.08. The Morgan fingerprint density at radius 3 is 2.14 bits per heavy atom. The normalized spacial score (nSPS) is 13.3. The molecule has 0 aliphatic carbocycles. The molecule has 0 aromatic carbocycles. The summed E-state index contributed by atoms with van der Waals surface area (Å²) in [6, 6.07) is 0. The van der Waals surface area contributed by atoms with Gasteiger partial charge in [-0.25, -0.2) is 0 Å². The van der Waals surface area contributed by atoms with E-state index in [2.05, 4.69) is 18.9 Å². The maximum absolute atomic E-state index is 8.81. The van der Waals surface area contributed by atoms with Crippen molar-refractivity contribution in [3.05, 3.63) is 23.3 Å². The van der Waals surface area contributed by atoms with Crippen LogP contribution in [0.5, 0.6) is 0 Å².